The molecule has 10 heteroatoms. The first-order valence-electron chi connectivity index (χ1n) is 9.98. The van der Waals surface area contributed by atoms with Crippen molar-refractivity contribution in [1.29, 1.82) is 0 Å². The van der Waals surface area contributed by atoms with E-state index in [-0.39, 0.29) is 17.9 Å². The lowest BCUT2D eigenvalue weighted by molar-refractivity contribution is -0.122. The van der Waals surface area contributed by atoms with Crippen molar-refractivity contribution >= 4 is 39.1 Å². The van der Waals surface area contributed by atoms with Crippen LogP contribution >= 0.6 is 11.6 Å². The third-order valence-corrected chi connectivity index (χ3v) is 7.40. The molecule has 1 unspecified atom stereocenters. The molecule has 1 aromatic heterocycles. The second kappa shape index (κ2) is 9.30. The Labute approximate surface area is 196 Å². The van der Waals surface area contributed by atoms with Crippen LogP contribution in [-0.2, 0) is 26.2 Å². The Hall–Kier alpha value is -3.27. The average molecular weight is 486 g/mol. The minimum Gasteiger partial charge on any atom is -0.497 e. The highest BCUT2D eigenvalue weighted by Gasteiger charge is 2.47. The maximum atomic E-state index is 13.6. The van der Waals surface area contributed by atoms with Gasteiger partial charge in [-0.3, -0.25) is 14.6 Å². The molecule has 1 fully saturated rings. The topological polar surface area (TPSA) is 96.9 Å². The van der Waals surface area contributed by atoms with Crippen LogP contribution in [0.2, 0.25) is 5.02 Å². The van der Waals surface area contributed by atoms with E-state index in [1.807, 2.05) is 0 Å². The van der Waals surface area contributed by atoms with Crippen LogP contribution in [0.5, 0.6) is 5.75 Å². The zero-order valence-electron chi connectivity index (χ0n) is 17.6. The highest BCUT2D eigenvalue weighted by Crippen LogP contribution is 2.31. The molecule has 2 heterocycles. The third-order valence-electron chi connectivity index (χ3n) is 5.28. The normalized spacial score (nSPS) is 16.5. The number of nitrogens with zero attached hydrogens (tertiary/aromatic N) is 3. The Bertz CT molecular complexity index is 1270. The largest absolute Gasteiger partial charge is 0.497 e. The fourth-order valence-corrected chi connectivity index (χ4v) is 5.32. The molecule has 2 aromatic carbocycles. The molecule has 0 spiro atoms. The summed E-state index contributed by atoms with van der Waals surface area (Å²) in [6.07, 6.45) is 2.81. The van der Waals surface area contributed by atoms with Gasteiger partial charge in [0.15, 0.2) is 0 Å². The van der Waals surface area contributed by atoms with Crippen LogP contribution < -0.4 is 9.64 Å². The highest BCUT2D eigenvalue weighted by molar-refractivity contribution is 7.89. The number of carbonyl (C=O) groups excluding carboxylic acids is 2. The first-order valence-corrected chi connectivity index (χ1v) is 11.8. The van der Waals surface area contributed by atoms with E-state index >= 15 is 0 Å². The van der Waals surface area contributed by atoms with E-state index in [0.717, 1.165) is 9.21 Å². The molecule has 8 nitrogen and oxygen atoms in total. The summed E-state index contributed by atoms with van der Waals surface area (Å²) >= 11 is 5.92. The third kappa shape index (κ3) is 4.61. The molecular formula is C23H20ClN3O5S. The molecule has 33 heavy (non-hydrogen) atoms. The summed E-state index contributed by atoms with van der Waals surface area (Å²) in [6.45, 7) is -0.125. The van der Waals surface area contributed by atoms with Crippen LogP contribution in [0, 0.1) is 0 Å². The van der Waals surface area contributed by atoms with Crippen molar-refractivity contribution < 1.29 is 22.7 Å². The van der Waals surface area contributed by atoms with Gasteiger partial charge in [0.25, 0.3) is 5.91 Å². The molecule has 3 aromatic rings. The molecule has 1 aliphatic heterocycles. The number of amides is 2. The number of hydrogen-bond donors (Lipinski definition) is 0. The van der Waals surface area contributed by atoms with Gasteiger partial charge >= 0.3 is 0 Å². The highest BCUT2D eigenvalue weighted by atomic mass is 35.5. The number of benzene rings is 2. The first kappa shape index (κ1) is 22.9. The van der Waals surface area contributed by atoms with Crippen molar-refractivity contribution in [3.63, 3.8) is 0 Å². The maximum absolute atomic E-state index is 13.6. The summed E-state index contributed by atoms with van der Waals surface area (Å²) in [5.41, 5.74) is 0.917. The van der Waals surface area contributed by atoms with Crippen molar-refractivity contribution in [3.05, 3.63) is 83.6 Å². The van der Waals surface area contributed by atoms with Gasteiger partial charge in [0, 0.05) is 24.0 Å². The average Bonchev–Trinajstić information content (AvgIpc) is 3.12. The summed E-state index contributed by atoms with van der Waals surface area (Å²) in [4.78, 5) is 31.2. The minimum atomic E-state index is -4.15. The first-order chi connectivity index (χ1) is 15.8. The van der Waals surface area contributed by atoms with E-state index in [1.54, 1.807) is 42.6 Å². The molecule has 1 saturated heterocycles. The predicted octanol–water partition coefficient (Wildman–Crippen LogP) is 3.27. The Morgan fingerprint density at radius 1 is 1.09 bits per heavy atom. The monoisotopic (exact) mass is 485 g/mol. The van der Waals surface area contributed by atoms with E-state index in [9.17, 15) is 18.0 Å². The number of hydrogen-bond acceptors (Lipinski definition) is 6. The van der Waals surface area contributed by atoms with Crippen LogP contribution in [0.15, 0.2) is 78.0 Å². The Kier molecular flexibility index (Phi) is 6.46. The number of halogens is 1. The molecule has 1 atom stereocenters. The fourth-order valence-electron chi connectivity index (χ4n) is 3.62. The summed E-state index contributed by atoms with van der Waals surface area (Å²) in [7, 11) is -2.67. The molecule has 0 saturated carbocycles. The zero-order valence-corrected chi connectivity index (χ0v) is 19.2. The van der Waals surface area contributed by atoms with Crippen LogP contribution in [-0.4, -0.2) is 42.7 Å². The van der Waals surface area contributed by atoms with Crippen LogP contribution in [0.4, 0.5) is 5.69 Å². The Morgan fingerprint density at radius 2 is 1.79 bits per heavy atom. The molecule has 2 amide bonds. The number of imide groups is 1. The predicted molar refractivity (Wildman–Crippen MR) is 122 cm³/mol. The van der Waals surface area contributed by atoms with Crippen LogP contribution in [0.3, 0.4) is 0 Å². The number of rotatable bonds is 7. The van der Waals surface area contributed by atoms with Crippen molar-refractivity contribution in [1.82, 2.24) is 9.29 Å². The summed E-state index contributed by atoms with van der Waals surface area (Å²) in [6, 6.07) is 14.3. The second-order valence-corrected chi connectivity index (χ2v) is 9.68. The van der Waals surface area contributed by atoms with Gasteiger partial charge in [-0.2, -0.15) is 4.31 Å². The van der Waals surface area contributed by atoms with Gasteiger partial charge in [0.05, 0.1) is 24.1 Å². The maximum Gasteiger partial charge on any atom is 0.252 e. The molecule has 4 rings (SSSR count). The smallest absolute Gasteiger partial charge is 0.252 e. The van der Waals surface area contributed by atoms with Crippen molar-refractivity contribution in [2.75, 3.05) is 12.0 Å². The van der Waals surface area contributed by atoms with Crippen LogP contribution in [0.25, 0.3) is 0 Å². The Morgan fingerprint density at radius 3 is 2.39 bits per heavy atom. The van der Waals surface area contributed by atoms with Crippen molar-refractivity contribution in [2.45, 2.75) is 23.9 Å². The number of sulfonamides is 1. The Balaban J connectivity index is 1.73. The van der Waals surface area contributed by atoms with Crippen molar-refractivity contribution in [2.24, 2.45) is 0 Å². The number of methoxy groups -OCH3 is 1. The number of aromatic nitrogens is 1. The minimum absolute atomic E-state index is 0.0163. The van der Waals surface area contributed by atoms with E-state index in [4.69, 9.17) is 16.3 Å². The lowest BCUT2D eigenvalue weighted by Gasteiger charge is -2.27. The molecule has 170 valence electrons. The van der Waals surface area contributed by atoms with E-state index in [0.29, 0.717) is 22.0 Å². The standard InChI is InChI=1S/C23H20ClN3O5S/c1-32-19-8-10-20(11-9-19)33(30,31)26(15-16-3-2-12-25-14-16)21-13-22(28)27(23(21)29)18-6-4-17(24)5-7-18/h2-12,14,21H,13,15H2,1H3. The van der Waals surface area contributed by atoms with Gasteiger partial charge in [-0.15, -0.1) is 0 Å². The molecule has 0 bridgehead atoms. The van der Waals surface area contributed by atoms with Gasteiger partial charge in [-0.1, -0.05) is 17.7 Å². The summed E-state index contributed by atoms with van der Waals surface area (Å²) < 4.78 is 33.4. The molecule has 1 aliphatic rings. The quantitative estimate of drug-likeness (QED) is 0.476. The van der Waals surface area contributed by atoms with E-state index < -0.39 is 27.9 Å². The summed E-state index contributed by atoms with van der Waals surface area (Å²) in [5.74, 6) is -0.620. The summed E-state index contributed by atoms with van der Waals surface area (Å²) in [5, 5.41) is 0.453. The zero-order chi connectivity index (χ0) is 23.6. The van der Waals surface area contributed by atoms with E-state index in [1.165, 1.54) is 37.6 Å². The van der Waals surface area contributed by atoms with E-state index in [2.05, 4.69) is 4.98 Å². The van der Waals surface area contributed by atoms with Gasteiger partial charge in [0.2, 0.25) is 15.9 Å². The van der Waals surface area contributed by atoms with Crippen molar-refractivity contribution in [3.8, 4) is 5.75 Å². The lowest BCUT2D eigenvalue weighted by atomic mass is 10.2. The number of carbonyl (C=O) groups is 2. The fraction of sp³-hybridized carbons (Fsp3) is 0.174. The SMILES string of the molecule is COc1ccc(S(=O)(=O)N(Cc2cccnc2)C2CC(=O)N(c3ccc(Cl)cc3)C2=O)cc1. The number of anilines is 1. The second-order valence-electron chi connectivity index (χ2n) is 7.35. The number of pyridine rings is 1. The van der Waals surface area contributed by atoms with Gasteiger partial charge in [-0.25, -0.2) is 13.3 Å². The molecule has 0 aliphatic carbocycles. The molecule has 0 N–H and O–H groups in total. The van der Waals surface area contributed by atoms with Gasteiger partial charge < -0.3 is 4.74 Å². The lowest BCUT2D eigenvalue weighted by Crippen LogP contribution is -2.45. The molecular weight excluding hydrogens is 466 g/mol. The number of ether oxygens (including phenoxy) is 1. The van der Waals surface area contributed by atoms with Crippen LogP contribution in [0.1, 0.15) is 12.0 Å². The van der Waals surface area contributed by atoms with Gasteiger partial charge in [-0.05, 0) is 60.2 Å². The van der Waals surface area contributed by atoms with Gasteiger partial charge in [0.1, 0.15) is 11.8 Å². The molecule has 0 radical (unpaired) electrons.